The lowest BCUT2D eigenvalue weighted by molar-refractivity contribution is -0.0499. The van der Waals surface area contributed by atoms with Gasteiger partial charge in [0.2, 0.25) is 5.75 Å². The number of rotatable bonds is 8. The van der Waals surface area contributed by atoms with Gasteiger partial charge in [0.15, 0.2) is 11.5 Å². The fraction of sp³-hybridized carbons (Fsp3) is 0.300. The molecule has 0 atom stereocenters. The van der Waals surface area contributed by atoms with Gasteiger partial charge in [-0.2, -0.15) is 13.9 Å². The fourth-order valence-corrected chi connectivity index (χ4v) is 2.60. The molecule has 0 unspecified atom stereocenters. The van der Waals surface area contributed by atoms with E-state index in [1.807, 2.05) is 0 Å². The van der Waals surface area contributed by atoms with Crippen molar-refractivity contribution in [2.45, 2.75) is 20.5 Å². The average molecular weight is 408 g/mol. The van der Waals surface area contributed by atoms with Gasteiger partial charge in [0.1, 0.15) is 5.75 Å². The molecule has 29 heavy (non-hydrogen) atoms. The molecule has 0 aliphatic carbocycles. The lowest BCUT2D eigenvalue weighted by atomic mass is 10.1. The number of aryl methyl sites for hydroxylation is 1. The zero-order chi connectivity index (χ0) is 21.6. The third-order valence-electron chi connectivity index (χ3n) is 3.99. The molecule has 1 N–H and O–H groups in total. The highest BCUT2D eigenvalue weighted by molar-refractivity contribution is 6.03. The van der Waals surface area contributed by atoms with Crippen molar-refractivity contribution in [3.05, 3.63) is 47.0 Å². The molecule has 2 aromatic carbocycles. The number of benzene rings is 2. The summed E-state index contributed by atoms with van der Waals surface area (Å²) in [5.74, 6) is 0.384. The molecular formula is C20H22F2N2O5. The Labute approximate surface area is 167 Å². The van der Waals surface area contributed by atoms with Crippen molar-refractivity contribution in [3.63, 3.8) is 0 Å². The number of hydrazone groups is 1. The van der Waals surface area contributed by atoms with Crippen LogP contribution in [0.5, 0.6) is 23.0 Å². The second kappa shape index (κ2) is 9.72. The molecule has 156 valence electrons. The molecule has 0 saturated heterocycles. The first-order valence-electron chi connectivity index (χ1n) is 8.51. The van der Waals surface area contributed by atoms with E-state index in [-0.39, 0.29) is 11.3 Å². The van der Waals surface area contributed by atoms with Crippen molar-refractivity contribution in [2.24, 2.45) is 5.10 Å². The summed E-state index contributed by atoms with van der Waals surface area (Å²) in [4.78, 5) is 12.5. The summed E-state index contributed by atoms with van der Waals surface area (Å²) in [6.45, 7) is 0.401. The molecule has 0 aliphatic heterocycles. The first-order valence-corrected chi connectivity index (χ1v) is 8.51. The van der Waals surface area contributed by atoms with Crippen molar-refractivity contribution in [3.8, 4) is 23.0 Å². The number of hydrogen-bond donors (Lipinski definition) is 1. The molecule has 0 aromatic heterocycles. The van der Waals surface area contributed by atoms with Gasteiger partial charge >= 0.3 is 6.61 Å². The van der Waals surface area contributed by atoms with Gasteiger partial charge in [-0.3, -0.25) is 4.79 Å². The number of nitrogens with one attached hydrogen (secondary N) is 1. The van der Waals surface area contributed by atoms with Crippen LogP contribution in [-0.4, -0.2) is 39.6 Å². The quantitative estimate of drug-likeness (QED) is 0.531. The van der Waals surface area contributed by atoms with E-state index in [0.29, 0.717) is 28.5 Å². The number of hydrogen-bond acceptors (Lipinski definition) is 6. The van der Waals surface area contributed by atoms with Gasteiger partial charge in [-0.1, -0.05) is 11.6 Å². The minimum absolute atomic E-state index is 0.0334. The van der Waals surface area contributed by atoms with Crippen LogP contribution in [0.4, 0.5) is 8.78 Å². The SMILES string of the molecule is COc1cc(C(=O)N/N=C(/C)c2cc(C)ccc2OC(F)F)cc(OC)c1OC. The number of carbonyl (C=O) groups excluding carboxylic acids is 1. The molecule has 0 fully saturated rings. The van der Waals surface area contributed by atoms with Crippen LogP contribution in [-0.2, 0) is 0 Å². The molecule has 9 heteroatoms. The van der Waals surface area contributed by atoms with E-state index in [2.05, 4.69) is 15.3 Å². The van der Waals surface area contributed by atoms with Gasteiger partial charge < -0.3 is 18.9 Å². The minimum atomic E-state index is -2.97. The Balaban J connectivity index is 2.30. The topological polar surface area (TPSA) is 78.4 Å². The van der Waals surface area contributed by atoms with Gasteiger partial charge in [-0.15, -0.1) is 0 Å². The molecule has 0 saturated carbocycles. The summed E-state index contributed by atoms with van der Waals surface area (Å²) in [5, 5.41) is 4.01. The highest BCUT2D eigenvalue weighted by atomic mass is 19.3. The Morgan fingerprint density at radius 1 is 1.00 bits per heavy atom. The predicted molar refractivity (Wildman–Crippen MR) is 104 cm³/mol. The largest absolute Gasteiger partial charge is 0.493 e. The van der Waals surface area contributed by atoms with Crippen molar-refractivity contribution in [1.82, 2.24) is 5.43 Å². The van der Waals surface area contributed by atoms with Gasteiger partial charge in [0.05, 0.1) is 27.0 Å². The second-order valence-electron chi connectivity index (χ2n) is 5.93. The average Bonchev–Trinajstić information content (AvgIpc) is 2.71. The molecule has 0 radical (unpaired) electrons. The summed E-state index contributed by atoms with van der Waals surface area (Å²) in [7, 11) is 4.32. The van der Waals surface area contributed by atoms with E-state index < -0.39 is 12.5 Å². The van der Waals surface area contributed by atoms with Gasteiger partial charge in [-0.05, 0) is 38.1 Å². The number of alkyl halides is 2. The fourth-order valence-electron chi connectivity index (χ4n) is 2.60. The third-order valence-corrected chi connectivity index (χ3v) is 3.99. The van der Waals surface area contributed by atoms with E-state index in [0.717, 1.165) is 5.56 Å². The molecule has 0 spiro atoms. The Morgan fingerprint density at radius 2 is 1.62 bits per heavy atom. The smallest absolute Gasteiger partial charge is 0.387 e. The molecule has 7 nitrogen and oxygen atoms in total. The summed E-state index contributed by atoms with van der Waals surface area (Å²) < 4.78 is 45.5. The van der Waals surface area contributed by atoms with Crippen molar-refractivity contribution in [2.75, 3.05) is 21.3 Å². The molecule has 0 aliphatic rings. The Bertz CT molecular complexity index is 891. The van der Waals surface area contributed by atoms with Crippen LogP contribution in [0.15, 0.2) is 35.4 Å². The van der Waals surface area contributed by atoms with Crippen LogP contribution < -0.4 is 24.4 Å². The molecule has 0 heterocycles. The van der Waals surface area contributed by atoms with Crippen molar-refractivity contribution >= 4 is 11.6 Å². The third kappa shape index (κ3) is 5.34. The van der Waals surface area contributed by atoms with E-state index in [9.17, 15) is 13.6 Å². The van der Waals surface area contributed by atoms with Crippen LogP contribution in [0.3, 0.4) is 0 Å². The van der Waals surface area contributed by atoms with Gasteiger partial charge in [0, 0.05) is 11.1 Å². The molecule has 0 bridgehead atoms. The van der Waals surface area contributed by atoms with Gasteiger partial charge in [0.25, 0.3) is 5.91 Å². The highest BCUT2D eigenvalue weighted by Gasteiger charge is 2.17. The highest BCUT2D eigenvalue weighted by Crippen LogP contribution is 2.38. The molecular weight excluding hydrogens is 386 g/mol. The summed E-state index contributed by atoms with van der Waals surface area (Å²) in [6, 6.07) is 7.65. The van der Waals surface area contributed by atoms with E-state index in [1.54, 1.807) is 26.0 Å². The standard InChI is InChI=1S/C20H22F2N2O5/c1-11-6-7-15(29-20(21)22)14(8-11)12(2)23-24-19(25)13-9-16(26-3)18(28-5)17(10-13)27-4/h6-10,20H,1-5H3,(H,24,25)/b23-12-. The summed E-state index contributed by atoms with van der Waals surface area (Å²) in [5.41, 5.74) is 4.07. The Kier molecular flexibility index (Phi) is 7.35. The maximum absolute atomic E-state index is 12.6. The number of halogens is 2. The maximum Gasteiger partial charge on any atom is 0.387 e. The first kappa shape index (κ1) is 21.9. The first-order chi connectivity index (χ1) is 13.8. The summed E-state index contributed by atoms with van der Waals surface area (Å²) in [6.07, 6.45) is 0. The zero-order valence-corrected chi connectivity index (χ0v) is 16.7. The van der Waals surface area contributed by atoms with E-state index in [4.69, 9.17) is 14.2 Å². The van der Waals surface area contributed by atoms with E-state index in [1.165, 1.54) is 39.5 Å². The second-order valence-corrected chi connectivity index (χ2v) is 5.93. The number of ether oxygens (including phenoxy) is 4. The number of amides is 1. The molecule has 2 rings (SSSR count). The van der Waals surface area contributed by atoms with Crippen molar-refractivity contribution < 1.29 is 32.5 Å². The number of carbonyl (C=O) groups is 1. The predicted octanol–water partition coefficient (Wildman–Crippen LogP) is 3.78. The minimum Gasteiger partial charge on any atom is -0.493 e. The maximum atomic E-state index is 12.6. The monoisotopic (exact) mass is 408 g/mol. The van der Waals surface area contributed by atoms with E-state index >= 15 is 0 Å². The molecule has 2 aromatic rings. The lowest BCUT2D eigenvalue weighted by Crippen LogP contribution is -2.20. The number of methoxy groups -OCH3 is 3. The van der Waals surface area contributed by atoms with Crippen LogP contribution in [0.25, 0.3) is 0 Å². The Hall–Kier alpha value is -3.36. The zero-order valence-electron chi connectivity index (χ0n) is 16.7. The Morgan fingerprint density at radius 3 is 2.14 bits per heavy atom. The number of nitrogens with zero attached hydrogens (tertiary/aromatic N) is 1. The lowest BCUT2D eigenvalue weighted by Gasteiger charge is -2.14. The summed E-state index contributed by atoms with van der Waals surface area (Å²) >= 11 is 0. The van der Waals surface area contributed by atoms with Crippen LogP contribution >= 0.6 is 0 Å². The van der Waals surface area contributed by atoms with Crippen molar-refractivity contribution in [1.29, 1.82) is 0 Å². The normalized spacial score (nSPS) is 11.2. The van der Waals surface area contributed by atoms with Gasteiger partial charge in [-0.25, -0.2) is 5.43 Å². The van der Waals surface area contributed by atoms with Crippen LogP contribution in [0, 0.1) is 6.92 Å². The van der Waals surface area contributed by atoms with Crippen LogP contribution in [0.1, 0.15) is 28.4 Å². The van der Waals surface area contributed by atoms with Crippen LogP contribution in [0.2, 0.25) is 0 Å². The molecule has 1 amide bonds.